The number of likely N-dealkylation sites (tertiary alicyclic amines) is 1. The van der Waals surface area contributed by atoms with Crippen molar-refractivity contribution in [3.05, 3.63) is 63.5 Å². The molecule has 1 aromatic heterocycles. The minimum atomic E-state index is -0.390. The van der Waals surface area contributed by atoms with Gasteiger partial charge in [-0.25, -0.2) is 4.79 Å². The van der Waals surface area contributed by atoms with Gasteiger partial charge in [-0.15, -0.1) is 0 Å². The van der Waals surface area contributed by atoms with Crippen LogP contribution in [-0.2, 0) is 13.0 Å². The third kappa shape index (κ3) is 3.75. The van der Waals surface area contributed by atoms with E-state index < -0.39 is 5.63 Å². The van der Waals surface area contributed by atoms with Crippen LogP contribution < -0.4 is 20.0 Å². The molecule has 4 rings (SSSR count). The molecule has 1 unspecified atom stereocenters. The van der Waals surface area contributed by atoms with E-state index in [1.165, 1.54) is 4.90 Å². The molecule has 0 spiro atoms. The van der Waals surface area contributed by atoms with Crippen LogP contribution in [0, 0.1) is 0 Å². The van der Waals surface area contributed by atoms with Gasteiger partial charge in [-0.3, -0.25) is 0 Å². The average molecular weight is 410 g/mol. The van der Waals surface area contributed by atoms with Crippen molar-refractivity contribution in [2.24, 2.45) is 0 Å². The summed E-state index contributed by atoms with van der Waals surface area (Å²) in [7, 11) is 3.33. The lowest BCUT2D eigenvalue weighted by Crippen LogP contribution is -3.08. The molecule has 0 amide bonds. The summed E-state index contributed by atoms with van der Waals surface area (Å²) < 4.78 is 16.3. The van der Waals surface area contributed by atoms with Crippen molar-refractivity contribution >= 4 is 11.0 Å². The van der Waals surface area contributed by atoms with Gasteiger partial charge in [0.25, 0.3) is 0 Å². The molecular formula is C24H28NO5+. The lowest BCUT2D eigenvalue weighted by Gasteiger charge is -2.24. The van der Waals surface area contributed by atoms with Crippen molar-refractivity contribution in [1.29, 1.82) is 0 Å². The maximum Gasteiger partial charge on any atom is 0.336 e. The zero-order valence-electron chi connectivity index (χ0n) is 17.7. The largest absolute Gasteiger partial charge is 0.508 e. The lowest BCUT2D eigenvalue weighted by atomic mass is 10.0. The Hall–Kier alpha value is -2.99. The molecule has 2 aromatic carbocycles. The Morgan fingerprint density at radius 2 is 1.97 bits per heavy atom. The fourth-order valence-corrected chi connectivity index (χ4v) is 4.59. The SMILES string of the molecule is CCc1cc2c(C[NH+]3CCC[C@H]3c3ccc(OC)cc3OC)cc(=O)oc2cc1O. The van der Waals surface area contributed by atoms with E-state index >= 15 is 0 Å². The first-order valence-electron chi connectivity index (χ1n) is 10.4. The number of phenolic OH excluding ortho intramolecular Hbond substituents is 1. The van der Waals surface area contributed by atoms with Crippen LogP contribution in [0.4, 0.5) is 0 Å². The number of quaternary nitrogens is 1. The van der Waals surface area contributed by atoms with E-state index in [0.29, 0.717) is 18.5 Å². The number of nitrogens with one attached hydrogen (secondary N) is 1. The van der Waals surface area contributed by atoms with Crippen molar-refractivity contribution in [3.63, 3.8) is 0 Å². The van der Waals surface area contributed by atoms with Crippen LogP contribution in [0.3, 0.4) is 0 Å². The molecule has 0 bridgehead atoms. The highest BCUT2D eigenvalue weighted by molar-refractivity contribution is 5.82. The molecule has 2 N–H and O–H groups in total. The van der Waals surface area contributed by atoms with E-state index in [9.17, 15) is 9.90 Å². The Morgan fingerprint density at radius 3 is 2.70 bits per heavy atom. The Morgan fingerprint density at radius 1 is 1.13 bits per heavy atom. The van der Waals surface area contributed by atoms with Crippen LogP contribution in [0.1, 0.15) is 42.5 Å². The summed E-state index contributed by atoms with van der Waals surface area (Å²) in [5.74, 6) is 1.77. The van der Waals surface area contributed by atoms with Crippen LogP contribution in [-0.4, -0.2) is 25.9 Å². The van der Waals surface area contributed by atoms with E-state index in [1.807, 2.05) is 25.1 Å². The number of hydrogen-bond donors (Lipinski definition) is 2. The molecule has 6 nitrogen and oxygen atoms in total. The highest BCUT2D eigenvalue weighted by Crippen LogP contribution is 2.32. The van der Waals surface area contributed by atoms with E-state index in [-0.39, 0.29) is 11.8 Å². The topological polar surface area (TPSA) is 73.3 Å². The van der Waals surface area contributed by atoms with Crippen LogP contribution in [0.25, 0.3) is 11.0 Å². The maximum atomic E-state index is 12.2. The van der Waals surface area contributed by atoms with Crippen molar-refractivity contribution in [1.82, 2.24) is 0 Å². The fourth-order valence-electron chi connectivity index (χ4n) is 4.59. The number of phenols is 1. The molecular weight excluding hydrogens is 382 g/mol. The Balaban J connectivity index is 1.72. The highest BCUT2D eigenvalue weighted by Gasteiger charge is 2.33. The third-order valence-corrected chi connectivity index (χ3v) is 6.13. The summed E-state index contributed by atoms with van der Waals surface area (Å²) in [5, 5.41) is 11.1. The van der Waals surface area contributed by atoms with Gasteiger partial charge in [0.1, 0.15) is 35.4 Å². The van der Waals surface area contributed by atoms with E-state index in [2.05, 4.69) is 6.07 Å². The molecule has 1 fully saturated rings. The fraction of sp³-hybridized carbons (Fsp3) is 0.375. The van der Waals surface area contributed by atoms with Crippen molar-refractivity contribution < 1.29 is 23.9 Å². The molecule has 1 aliphatic rings. The smallest absolute Gasteiger partial charge is 0.336 e. The number of methoxy groups -OCH3 is 2. The summed E-state index contributed by atoms with van der Waals surface area (Å²) in [6, 6.07) is 11.3. The summed E-state index contributed by atoms with van der Waals surface area (Å²) in [6.45, 7) is 3.72. The number of benzene rings is 2. The summed E-state index contributed by atoms with van der Waals surface area (Å²) in [6.07, 6.45) is 2.87. The number of ether oxygens (including phenoxy) is 2. The van der Waals surface area contributed by atoms with Gasteiger partial charge in [0.05, 0.1) is 26.3 Å². The van der Waals surface area contributed by atoms with Gasteiger partial charge in [-0.1, -0.05) is 6.92 Å². The zero-order valence-corrected chi connectivity index (χ0v) is 17.7. The molecule has 0 radical (unpaired) electrons. The molecule has 3 aromatic rings. The van der Waals surface area contributed by atoms with Crippen molar-refractivity contribution in [3.8, 4) is 17.2 Å². The van der Waals surface area contributed by atoms with Gasteiger partial charge < -0.3 is 23.9 Å². The van der Waals surface area contributed by atoms with Gasteiger partial charge >= 0.3 is 5.63 Å². The van der Waals surface area contributed by atoms with Gasteiger partial charge in [0, 0.05) is 42.0 Å². The third-order valence-electron chi connectivity index (χ3n) is 6.13. The lowest BCUT2D eigenvalue weighted by molar-refractivity contribution is -0.931. The average Bonchev–Trinajstić information content (AvgIpc) is 3.20. The molecule has 6 heteroatoms. The van der Waals surface area contributed by atoms with Crippen LogP contribution >= 0.6 is 0 Å². The highest BCUT2D eigenvalue weighted by atomic mass is 16.5. The zero-order chi connectivity index (χ0) is 21.3. The Labute approximate surface area is 175 Å². The number of aromatic hydroxyl groups is 1. The van der Waals surface area contributed by atoms with E-state index in [4.69, 9.17) is 13.9 Å². The quantitative estimate of drug-likeness (QED) is 0.611. The first-order valence-corrected chi connectivity index (χ1v) is 10.4. The summed E-state index contributed by atoms with van der Waals surface area (Å²) in [4.78, 5) is 13.6. The normalized spacial score (nSPS) is 18.6. The van der Waals surface area contributed by atoms with Crippen LogP contribution in [0.5, 0.6) is 17.2 Å². The summed E-state index contributed by atoms with van der Waals surface area (Å²) in [5.41, 5.74) is 3.00. The second-order valence-corrected chi connectivity index (χ2v) is 7.81. The number of aryl methyl sites for hydroxylation is 1. The minimum Gasteiger partial charge on any atom is -0.508 e. The molecule has 0 saturated carbocycles. The molecule has 30 heavy (non-hydrogen) atoms. The molecule has 2 atom stereocenters. The molecule has 2 heterocycles. The predicted molar refractivity (Wildman–Crippen MR) is 115 cm³/mol. The Bertz CT molecular complexity index is 1120. The first kappa shape index (κ1) is 20.3. The van der Waals surface area contributed by atoms with Gasteiger partial charge in [0.2, 0.25) is 0 Å². The maximum absolute atomic E-state index is 12.2. The molecule has 1 saturated heterocycles. The first-order chi connectivity index (χ1) is 14.5. The number of rotatable bonds is 6. The standard InChI is InChI=1S/C24H27NO5/c1-4-15-10-19-16(11-24(27)30-23(19)13-21(15)26)14-25-9-5-6-20(25)18-8-7-17(28-2)12-22(18)29-3/h7-8,10-13,20,26H,4-6,9,14H2,1-3H3/p+1/t20-/m0/s1. The van der Waals surface area contributed by atoms with Gasteiger partial charge in [-0.2, -0.15) is 0 Å². The van der Waals surface area contributed by atoms with Crippen LogP contribution in [0.15, 0.2) is 45.6 Å². The van der Waals surface area contributed by atoms with Crippen LogP contribution in [0.2, 0.25) is 0 Å². The summed E-state index contributed by atoms with van der Waals surface area (Å²) >= 11 is 0. The van der Waals surface area contributed by atoms with Gasteiger partial charge in [0.15, 0.2) is 0 Å². The predicted octanol–water partition coefficient (Wildman–Crippen LogP) is 3.00. The van der Waals surface area contributed by atoms with Crippen molar-refractivity contribution in [2.75, 3.05) is 20.8 Å². The minimum absolute atomic E-state index is 0.166. The van der Waals surface area contributed by atoms with E-state index in [0.717, 1.165) is 53.0 Å². The van der Waals surface area contributed by atoms with Gasteiger partial charge in [-0.05, 0) is 30.2 Å². The second-order valence-electron chi connectivity index (χ2n) is 7.81. The van der Waals surface area contributed by atoms with E-state index in [1.54, 1.807) is 26.4 Å². The molecule has 0 aliphatic carbocycles. The number of hydrogen-bond acceptors (Lipinski definition) is 5. The monoisotopic (exact) mass is 410 g/mol. The molecule has 1 aliphatic heterocycles. The number of fused-ring (bicyclic) bond motifs is 1. The Kier molecular flexibility index (Phi) is 5.68. The van der Waals surface area contributed by atoms with Crippen molar-refractivity contribution in [2.45, 2.75) is 38.8 Å². The second kappa shape index (κ2) is 8.40. The molecule has 158 valence electrons.